The molecule has 0 radical (unpaired) electrons. The van der Waals surface area contributed by atoms with E-state index in [4.69, 9.17) is 0 Å². The average Bonchev–Trinajstić information content (AvgIpc) is 3.01. The monoisotopic (exact) mass is 503 g/mol. The Kier molecular flexibility index (Phi) is 8.98. The van der Waals surface area contributed by atoms with Crippen molar-refractivity contribution in [3.63, 3.8) is 0 Å². The van der Waals surface area contributed by atoms with Crippen LogP contribution in [0.2, 0.25) is 0 Å². The zero-order valence-corrected chi connectivity index (χ0v) is 20.5. The Morgan fingerprint density at radius 3 is 2.25 bits per heavy atom. The Bertz CT molecular complexity index is 626. The van der Waals surface area contributed by atoms with Crippen LogP contribution in [0.5, 0.6) is 0 Å². The summed E-state index contributed by atoms with van der Waals surface area (Å²) in [6, 6.07) is 0.791. The summed E-state index contributed by atoms with van der Waals surface area (Å²) in [5.41, 5.74) is 0. The summed E-state index contributed by atoms with van der Waals surface area (Å²) in [6.45, 7) is 11.8. The van der Waals surface area contributed by atoms with E-state index in [1.165, 1.54) is 25.7 Å². The fourth-order valence-electron chi connectivity index (χ4n) is 4.53. The molecule has 1 N–H and O–H groups in total. The Morgan fingerprint density at radius 1 is 1.11 bits per heavy atom. The van der Waals surface area contributed by atoms with Gasteiger partial charge in [0.15, 0.2) is 11.8 Å². The van der Waals surface area contributed by atoms with Gasteiger partial charge in [-0.15, -0.1) is 34.2 Å². The summed E-state index contributed by atoms with van der Waals surface area (Å²) in [4.78, 5) is 9.57. The van der Waals surface area contributed by atoms with Crippen LogP contribution in [0.25, 0.3) is 0 Å². The molecule has 1 saturated carbocycles. The number of aryl methyl sites for hydroxylation is 1. The van der Waals surface area contributed by atoms with Gasteiger partial charge < -0.3 is 14.8 Å². The van der Waals surface area contributed by atoms with Crippen LogP contribution in [0.15, 0.2) is 4.99 Å². The molecule has 3 rings (SSSR count). The molecule has 1 aliphatic heterocycles. The largest absolute Gasteiger partial charge is 0.349 e. The third-order valence-electron chi connectivity index (χ3n) is 6.61. The molecule has 8 heteroatoms. The molecule has 0 amide bonds. The van der Waals surface area contributed by atoms with E-state index in [-0.39, 0.29) is 24.0 Å². The predicted molar refractivity (Wildman–Crippen MR) is 125 cm³/mol. The zero-order valence-electron chi connectivity index (χ0n) is 18.2. The Balaban J connectivity index is 0.00000280. The summed E-state index contributed by atoms with van der Waals surface area (Å²) >= 11 is 0. The van der Waals surface area contributed by atoms with E-state index in [2.05, 4.69) is 44.2 Å². The van der Waals surface area contributed by atoms with Gasteiger partial charge in [0.05, 0.1) is 6.54 Å². The van der Waals surface area contributed by atoms with Gasteiger partial charge in [-0.2, -0.15) is 0 Å². The molecule has 2 fully saturated rings. The molecule has 1 aromatic heterocycles. The lowest BCUT2D eigenvalue weighted by molar-refractivity contribution is 0.0864. The molecular formula is C20H38IN7. The zero-order chi connectivity index (χ0) is 19.4. The SMILES string of the molecule is CN=C(NCc1nnc(C)n1C)N1CCN(C2CCC(C(C)C)CC2)CC1.I. The lowest BCUT2D eigenvalue weighted by Crippen LogP contribution is -2.55. The molecule has 0 spiro atoms. The van der Waals surface area contributed by atoms with Crippen LogP contribution in [0.1, 0.15) is 51.2 Å². The van der Waals surface area contributed by atoms with Crippen molar-refractivity contribution in [2.45, 2.75) is 59.0 Å². The lowest BCUT2D eigenvalue weighted by Gasteiger charge is -2.43. The molecule has 1 aromatic rings. The minimum Gasteiger partial charge on any atom is -0.349 e. The second kappa shape index (κ2) is 10.8. The van der Waals surface area contributed by atoms with Crippen LogP contribution in [0.4, 0.5) is 0 Å². The second-order valence-electron chi connectivity index (χ2n) is 8.46. The number of hydrogen-bond donors (Lipinski definition) is 1. The van der Waals surface area contributed by atoms with Crippen LogP contribution in [0, 0.1) is 18.8 Å². The third-order valence-corrected chi connectivity index (χ3v) is 6.61. The second-order valence-corrected chi connectivity index (χ2v) is 8.46. The van der Waals surface area contributed by atoms with Crippen LogP contribution < -0.4 is 5.32 Å². The summed E-state index contributed by atoms with van der Waals surface area (Å²) in [7, 11) is 3.87. The highest BCUT2D eigenvalue weighted by molar-refractivity contribution is 14.0. The van der Waals surface area contributed by atoms with Gasteiger partial charge in [-0.05, 0) is 44.4 Å². The van der Waals surface area contributed by atoms with Crippen molar-refractivity contribution in [2.75, 3.05) is 33.2 Å². The third kappa shape index (κ3) is 5.58. The van der Waals surface area contributed by atoms with Crippen LogP contribution in [-0.2, 0) is 13.6 Å². The van der Waals surface area contributed by atoms with Gasteiger partial charge in [0.2, 0.25) is 0 Å². The molecular weight excluding hydrogens is 465 g/mol. The van der Waals surface area contributed by atoms with E-state index in [9.17, 15) is 0 Å². The molecule has 160 valence electrons. The Hall–Kier alpha value is -0.900. The van der Waals surface area contributed by atoms with Gasteiger partial charge in [-0.1, -0.05) is 13.8 Å². The van der Waals surface area contributed by atoms with Gasteiger partial charge in [0.25, 0.3) is 0 Å². The lowest BCUT2D eigenvalue weighted by atomic mass is 9.79. The fraction of sp³-hybridized carbons (Fsp3) is 0.850. The van der Waals surface area contributed by atoms with Crippen LogP contribution in [-0.4, -0.2) is 69.8 Å². The minimum absolute atomic E-state index is 0. The first-order valence-electron chi connectivity index (χ1n) is 10.5. The molecule has 28 heavy (non-hydrogen) atoms. The standard InChI is InChI=1S/C20H37N7.HI/c1-15(2)17-6-8-18(9-7-17)26-10-12-27(13-11-26)20(21-4)22-14-19-24-23-16(3)25(19)5;/h15,17-18H,6-14H2,1-5H3,(H,21,22);1H. The predicted octanol–water partition coefficient (Wildman–Crippen LogP) is 2.65. The molecule has 0 bridgehead atoms. The highest BCUT2D eigenvalue weighted by Crippen LogP contribution is 2.32. The molecule has 0 atom stereocenters. The van der Waals surface area contributed by atoms with Crippen molar-refractivity contribution >= 4 is 29.9 Å². The van der Waals surface area contributed by atoms with E-state index in [0.717, 1.165) is 61.7 Å². The van der Waals surface area contributed by atoms with E-state index >= 15 is 0 Å². The number of aromatic nitrogens is 3. The van der Waals surface area contributed by atoms with Gasteiger partial charge >= 0.3 is 0 Å². The molecule has 2 aliphatic rings. The maximum absolute atomic E-state index is 4.49. The number of piperazine rings is 1. The normalized spacial score (nSPS) is 24.4. The number of rotatable bonds is 4. The van der Waals surface area contributed by atoms with Gasteiger partial charge in [0, 0.05) is 46.3 Å². The van der Waals surface area contributed by atoms with Crippen molar-refractivity contribution in [3.8, 4) is 0 Å². The number of halogens is 1. The minimum atomic E-state index is 0. The van der Waals surface area contributed by atoms with E-state index < -0.39 is 0 Å². The van der Waals surface area contributed by atoms with Crippen LogP contribution >= 0.6 is 24.0 Å². The molecule has 7 nitrogen and oxygen atoms in total. The maximum atomic E-state index is 4.49. The highest BCUT2D eigenvalue weighted by atomic mass is 127. The van der Waals surface area contributed by atoms with E-state index in [0.29, 0.717) is 6.54 Å². The van der Waals surface area contributed by atoms with E-state index in [1.54, 1.807) is 0 Å². The van der Waals surface area contributed by atoms with Crippen molar-refractivity contribution in [1.82, 2.24) is 29.9 Å². The summed E-state index contributed by atoms with van der Waals surface area (Å²) in [6.07, 6.45) is 5.56. The van der Waals surface area contributed by atoms with E-state index in [1.807, 2.05) is 25.6 Å². The number of guanidine groups is 1. The average molecular weight is 503 g/mol. The molecule has 1 saturated heterocycles. The topological polar surface area (TPSA) is 61.6 Å². The summed E-state index contributed by atoms with van der Waals surface area (Å²) < 4.78 is 2.02. The maximum Gasteiger partial charge on any atom is 0.194 e. The molecule has 1 aliphatic carbocycles. The van der Waals surface area contributed by atoms with Crippen molar-refractivity contribution in [3.05, 3.63) is 11.6 Å². The number of aliphatic imine (C=N–C) groups is 1. The highest BCUT2D eigenvalue weighted by Gasteiger charge is 2.29. The van der Waals surface area contributed by atoms with Gasteiger partial charge in [-0.25, -0.2) is 0 Å². The molecule has 2 heterocycles. The van der Waals surface area contributed by atoms with Crippen molar-refractivity contribution in [2.24, 2.45) is 23.9 Å². The van der Waals surface area contributed by atoms with Crippen molar-refractivity contribution in [1.29, 1.82) is 0 Å². The molecule has 0 aromatic carbocycles. The fourth-order valence-corrected chi connectivity index (χ4v) is 4.53. The summed E-state index contributed by atoms with van der Waals surface area (Å²) in [5, 5.41) is 11.8. The Morgan fingerprint density at radius 2 is 1.75 bits per heavy atom. The Labute approximate surface area is 187 Å². The smallest absolute Gasteiger partial charge is 0.194 e. The summed E-state index contributed by atoms with van der Waals surface area (Å²) in [5.74, 6) is 4.63. The van der Waals surface area contributed by atoms with Crippen molar-refractivity contribution < 1.29 is 0 Å². The first-order valence-corrected chi connectivity index (χ1v) is 10.5. The van der Waals surface area contributed by atoms with Gasteiger partial charge in [0.1, 0.15) is 5.82 Å². The first-order chi connectivity index (χ1) is 13.0. The molecule has 0 unspecified atom stereocenters. The number of hydrogen-bond acceptors (Lipinski definition) is 4. The quantitative estimate of drug-likeness (QED) is 0.389. The van der Waals surface area contributed by atoms with Gasteiger partial charge in [-0.3, -0.25) is 9.89 Å². The number of nitrogens with one attached hydrogen (secondary N) is 1. The van der Waals surface area contributed by atoms with Crippen LogP contribution in [0.3, 0.4) is 0 Å². The first kappa shape index (κ1) is 23.4. The number of nitrogens with zero attached hydrogens (tertiary/aromatic N) is 6.